The van der Waals surface area contributed by atoms with E-state index in [4.69, 9.17) is 0 Å². The average Bonchev–Trinajstić information content (AvgIpc) is 2.68. The van der Waals surface area contributed by atoms with Crippen LogP contribution in [0.5, 0.6) is 0 Å². The third kappa shape index (κ3) is 5.25. The van der Waals surface area contributed by atoms with Crippen LogP contribution in [0.2, 0.25) is 0 Å². The predicted octanol–water partition coefficient (Wildman–Crippen LogP) is 3.05. The molecule has 1 heterocycles. The van der Waals surface area contributed by atoms with E-state index in [1.807, 2.05) is 42.7 Å². The molecule has 0 aliphatic heterocycles. The van der Waals surface area contributed by atoms with Gasteiger partial charge in [-0.05, 0) is 38.5 Å². The highest BCUT2D eigenvalue weighted by atomic mass is 32.2. The first-order valence-corrected chi connectivity index (χ1v) is 10.8. The molecule has 140 valence electrons. The number of nitrogens with one attached hydrogen (secondary N) is 2. The van der Waals surface area contributed by atoms with E-state index in [2.05, 4.69) is 20.0 Å². The van der Waals surface area contributed by atoms with Gasteiger partial charge >= 0.3 is 0 Å². The molecule has 1 aliphatic carbocycles. The monoisotopic (exact) mass is 374 g/mol. The lowest BCUT2D eigenvalue weighted by Gasteiger charge is -2.29. The molecule has 1 aromatic heterocycles. The highest BCUT2D eigenvalue weighted by Crippen LogP contribution is 2.25. The van der Waals surface area contributed by atoms with Gasteiger partial charge in [0.15, 0.2) is 5.82 Å². The van der Waals surface area contributed by atoms with E-state index in [1.165, 1.54) is 0 Å². The Morgan fingerprint density at radius 1 is 1.04 bits per heavy atom. The molecule has 0 saturated heterocycles. The molecule has 26 heavy (non-hydrogen) atoms. The summed E-state index contributed by atoms with van der Waals surface area (Å²) < 4.78 is 26.1. The normalized spacial score (nSPS) is 20.7. The topological polar surface area (TPSA) is 84.0 Å². The van der Waals surface area contributed by atoms with Gasteiger partial charge in [0.1, 0.15) is 0 Å². The Labute approximate surface area is 155 Å². The average molecular weight is 375 g/mol. The number of anilines is 1. The van der Waals surface area contributed by atoms with Gasteiger partial charge in [0.2, 0.25) is 10.0 Å². The van der Waals surface area contributed by atoms with Crippen molar-refractivity contribution in [2.45, 2.75) is 38.6 Å². The highest BCUT2D eigenvalue weighted by Gasteiger charge is 2.23. The van der Waals surface area contributed by atoms with E-state index in [9.17, 15) is 8.42 Å². The van der Waals surface area contributed by atoms with Crippen LogP contribution in [-0.2, 0) is 10.0 Å². The van der Waals surface area contributed by atoms with E-state index >= 15 is 0 Å². The smallest absolute Gasteiger partial charge is 0.211 e. The molecule has 0 radical (unpaired) electrons. The van der Waals surface area contributed by atoms with Gasteiger partial charge in [0, 0.05) is 18.2 Å². The first-order chi connectivity index (χ1) is 12.6. The third-order valence-corrected chi connectivity index (χ3v) is 6.30. The molecule has 0 unspecified atom stereocenters. The van der Waals surface area contributed by atoms with Crippen molar-refractivity contribution in [2.24, 2.45) is 5.92 Å². The SMILES string of the molecule is CCS(=O)(=O)N[C@H]1CC[C@H](CNc2cnc(-c3ccccc3)nc2)CC1. The molecule has 0 bridgehead atoms. The molecule has 6 nitrogen and oxygen atoms in total. The number of sulfonamides is 1. The van der Waals surface area contributed by atoms with Gasteiger partial charge in [-0.25, -0.2) is 23.1 Å². The van der Waals surface area contributed by atoms with Crippen molar-refractivity contribution >= 4 is 15.7 Å². The van der Waals surface area contributed by atoms with Crippen molar-refractivity contribution in [2.75, 3.05) is 17.6 Å². The lowest BCUT2D eigenvalue weighted by molar-refractivity contribution is 0.324. The first kappa shape index (κ1) is 18.8. The summed E-state index contributed by atoms with van der Waals surface area (Å²) in [5.41, 5.74) is 1.92. The Hall–Kier alpha value is -1.99. The number of hydrogen-bond acceptors (Lipinski definition) is 5. The predicted molar refractivity (Wildman–Crippen MR) is 104 cm³/mol. The zero-order chi connectivity index (χ0) is 18.4. The van der Waals surface area contributed by atoms with E-state index in [-0.39, 0.29) is 11.8 Å². The largest absolute Gasteiger partial charge is 0.382 e. The maximum absolute atomic E-state index is 11.7. The van der Waals surface area contributed by atoms with Crippen LogP contribution in [0.3, 0.4) is 0 Å². The van der Waals surface area contributed by atoms with E-state index < -0.39 is 10.0 Å². The standard InChI is InChI=1S/C19H26N4O2S/c1-2-26(24,25)23-17-10-8-15(9-11-17)12-20-18-13-21-19(22-14-18)16-6-4-3-5-7-16/h3-7,13-15,17,20,23H,2,8-12H2,1H3/t15-,17-. The molecule has 1 aliphatic rings. The lowest BCUT2D eigenvalue weighted by Crippen LogP contribution is -2.39. The Morgan fingerprint density at radius 3 is 2.31 bits per heavy atom. The molecule has 0 spiro atoms. The van der Waals surface area contributed by atoms with Crippen LogP contribution in [0, 0.1) is 5.92 Å². The van der Waals surface area contributed by atoms with Crippen LogP contribution in [0.4, 0.5) is 5.69 Å². The van der Waals surface area contributed by atoms with Gasteiger partial charge in [0.25, 0.3) is 0 Å². The molecule has 2 aromatic rings. The Bertz CT molecular complexity index is 786. The first-order valence-electron chi connectivity index (χ1n) is 9.17. The maximum atomic E-state index is 11.7. The fourth-order valence-electron chi connectivity index (χ4n) is 3.24. The van der Waals surface area contributed by atoms with E-state index in [0.29, 0.717) is 5.92 Å². The minimum absolute atomic E-state index is 0.0877. The van der Waals surface area contributed by atoms with Crippen LogP contribution in [-0.4, -0.2) is 36.7 Å². The van der Waals surface area contributed by atoms with E-state index in [1.54, 1.807) is 6.92 Å². The molecular weight excluding hydrogens is 348 g/mol. The second kappa shape index (κ2) is 8.60. The van der Waals surface area contributed by atoms with Crippen LogP contribution in [0.1, 0.15) is 32.6 Å². The summed E-state index contributed by atoms with van der Waals surface area (Å²) >= 11 is 0. The molecule has 1 saturated carbocycles. The number of nitrogens with zero attached hydrogens (tertiary/aromatic N) is 2. The summed E-state index contributed by atoms with van der Waals surface area (Å²) in [6.45, 7) is 2.53. The Kier molecular flexibility index (Phi) is 6.21. The lowest BCUT2D eigenvalue weighted by atomic mass is 9.86. The fraction of sp³-hybridized carbons (Fsp3) is 0.474. The molecule has 0 amide bonds. The van der Waals surface area contributed by atoms with Gasteiger partial charge in [-0.2, -0.15) is 0 Å². The summed E-state index contributed by atoms with van der Waals surface area (Å²) in [5, 5.41) is 3.40. The van der Waals surface area contributed by atoms with Gasteiger partial charge < -0.3 is 5.32 Å². The third-order valence-electron chi connectivity index (χ3n) is 4.85. The Morgan fingerprint density at radius 2 is 1.69 bits per heavy atom. The fourth-order valence-corrected chi connectivity index (χ4v) is 4.15. The summed E-state index contributed by atoms with van der Waals surface area (Å²) in [5.74, 6) is 1.42. The number of aromatic nitrogens is 2. The second-order valence-electron chi connectivity index (χ2n) is 6.78. The second-order valence-corrected chi connectivity index (χ2v) is 8.82. The zero-order valence-corrected chi connectivity index (χ0v) is 15.9. The zero-order valence-electron chi connectivity index (χ0n) is 15.1. The van der Waals surface area contributed by atoms with Gasteiger partial charge in [0.05, 0.1) is 23.8 Å². The molecule has 2 N–H and O–H groups in total. The quantitative estimate of drug-likeness (QED) is 0.778. The molecule has 1 fully saturated rings. The van der Waals surface area contributed by atoms with Crippen LogP contribution in [0.25, 0.3) is 11.4 Å². The molecule has 7 heteroatoms. The van der Waals surface area contributed by atoms with Crippen molar-refractivity contribution in [3.63, 3.8) is 0 Å². The molecule has 1 aromatic carbocycles. The summed E-state index contributed by atoms with van der Waals surface area (Å²) in [7, 11) is -3.10. The van der Waals surface area contributed by atoms with E-state index in [0.717, 1.165) is 49.3 Å². The highest BCUT2D eigenvalue weighted by molar-refractivity contribution is 7.89. The van der Waals surface area contributed by atoms with Crippen molar-refractivity contribution in [1.29, 1.82) is 0 Å². The number of benzene rings is 1. The molecule has 3 rings (SSSR count). The maximum Gasteiger partial charge on any atom is 0.211 e. The van der Waals surface area contributed by atoms with Crippen LogP contribution in [0.15, 0.2) is 42.7 Å². The minimum Gasteiger partial charge on any atom is -0.382 e. The van der Waals surface area contributed by atoms with Crippen molar-refractivity contribution in [1.82, 2.24) is 14.7 Å². The van der Waals surface area contributed by atoms with Gasteiger partial charge in [-0.3, -0.25) is 0 Å². The van der Waals surface area contributed by atoms with Crippen LogP contribution < -0.4 is 10.0 Å². The number of hydrogen-bond donors (Lipinski definition) is 2. The summed E-state index contributed by atoms with van der Waals surface area (Å²) in [4.78, 5) is 8.85. The summed E-state index contributed by atoms with van der Waals surface area (Å²) in [6, 6.07) is 10.00. The van der Waals surface area contributed by atoms with Crippen molar-refractivity contribution in [3.05, 3.63) is 42.7 Å². The van der Waals surface area contributed by atoms with Crippen molar-refractivity contribution in [3.8, 4) is 11.4 Å². The van der Waals surface area contributed by atoms with Crippen LogP contribution >= 0.6 is 0 Å². The van der Waals surface area contributed by atoms with Gasteiger partial charge in [-0.1, -0.05) is 30.3 Å². The molecule has 0 atom stereocenters. The van der Waals surface area contributed by atoms with Crippen molar-refractivity contribution < 1.29 is 8.42 Å². The number of rotatable bonds is 7. The minimum atomic E-state index is -3.10. The Balaban J connectivity index is 1.45. The molecular formula is C19H26N4O2S. The summed E-state index contributed by atoms with van der Waals surface area (Å²) in [6.07, 6.45) is 7.47. The van der Waals surface area contributed by atoms with Gasteiger partial charge in [-0.15, -0.1) is 0 Å².